The first-order chi connectivity index (χ1) is 31.6. The first-order valence-corrected chi connectivity index (χ1v) is 23.5. The number of benzene rings is 1. The molecule has 0 bridgehead atoms. The van der Waals surface area contributed by atoms with E-state index in [-0.39, 0.29) is 42.5 Å². The molecule has 2 aliphatic heterocycles. The van der Waals surface area contributed by atoms with Gasteiger partial charge < -0.3 is 54.0 Å². The number of carbonyl (C=O) groups excluding carboxylic acids is 3. The zero-order valence-corrected chi connectivity index (χ0v) is 41.3. The zero-order chi connectivity index (χ0) is 49.4. The zero-order valence-electron chi connectivity index (χ0n) is 41.3. The number of hydrogen-bond donors (Lipinski definition) is 3. The molecule has 67 heavy (non-hydrogen) atoms. The number of aromatic nitrogens is 4. The van der Waals surface area contributed by atoms with Crippen molar-refractivity contribution in [3.8, 4) is 17.1 Å². The summed E-state index contributed by atoms with van der Waals surface area (Å²) in [4.78, 5) is 57.5. The third kappa shape index (κ3) is 12.7. The molecule has 17 nitrogen and oxygen atoms in total. The number of nitrogens with zero attached hydrogens (tertiary/aromatic N) is 5. The van der Waals surface area contributed by atoms with Crippen LogP contribution in [0.25, 0.3) is 11.4 Å². The number of hydrogen-bond acceptors (Lipinski definition) is 16. The Morgan fingerprint density at radius 2 is 1.78 bits per heavy atom. The van der Waals surface area contributed by atoms with Crippen molar-refractivity contribution in [3.63, 3.8) is 0 Å². The minimum absolute atomic E-state index is 0.101. The van der Waals surface area contributed by atoms with E-state index in [4.69, 9.17) is 34.2 Å². The van der Waals surface area contributed by atoms with Crippen LogP contribution in [0, 0.1) is 29.5 Å². The predicted octanol–water partition coefficient (Wildman–Crippen LogP) is 5.62. The monoisotopic (exact) mass is 940 g/mol. The number of nitrogens with one attached hydrogen (secondary N) is 1. The molecule has 2 fully saturated rings. The molecule has 2 saturated heterocycles. The van der Waals surface area contributed by atoms with E-state index < -0.39 is 89.4 Å². The van der Waals surface area contributed by atoms with E-state index in [1.807, 2.05) is 57.5 Å². The van der Waals surface area contributed by atoms with Crippen molar-refractivity contribution in [3.05, 3.63) is 54.9 Å². The molecule has 4 N–H and O–H groups in total. The number of esters is 2. The van der Waals surface area contributed by atoms with E-state index >= 15 is 9.18 Å². The van der Waals surface area contributed by atoms with Crippen LogP contribution in [0.2, 0.25) is 0 Å². The molecule has 372 valence electrons. The SMILES string of the molecule is CC[C@H]1OC(=O)[C@H](C)C(Oc2ccccc2F)[C@H](C)C(OC2O[C@H](C)C[C@H](N(C)C)[C@H]2O)[C@](C)(OC)C[C@@H](C)C(=O)[C@H](C)C(NCCCCn2cnc(-c3ccnc(N)n3)c2)[C@]1(C)OC(C)=O. The number of rotatable bonds is 15. The Kier molecular flexibility index (Phi) is 18.4. The molecule has 14 atom stereocenters. The van der Waals surface area contributed by atoms with Gasteiger partial charge in [0.25, 0.3) is 0 Å². The van der Waals surface area contributed by atoms with Crippen molar-refractivity contribution < 1.29 is 52.3 Å². The van der Waals surface area contributed by atoms with Crippen LogP contribution in [-0.4, -0.2) is 135 Å². The maximum absolute atomic E-state index is 15.5. The Bertz CT molecular complexity index is 2110. The third-order valence-electron chi connectivity index (χ3n) is 13.8. The van der Waals surface area contributed by atoms with Gasteiger partial charge in [0.2, 0.25) is 5.95 Å². The maximum Gasteiger partial charge on any atom is 0.312 e. The van der Waals surface area contributed by atoms with Crippen LogP contribution in [0.3, 0.4) is 0 Å². The Morgan fingerprint density at radius 1 is 1.06 bits per heavy atom. The van der Waals surface area contributed by atoms with Crippen LogP contribution >= 0.6 is 0 Å². The molecule has 4 unspecified atom stereocenters. The second-order valence-corrected chi connectivity index (χ2v) is 19.1. The van der Waals surface area contributed by atoms with Crippen molar-refractivity contribution in [1.82, 2.24) is 29.7 Å². The molecule has 4 heterocycles. The number of aliphatic hydroxyl groups excluding tert-OH is 1. The Morgan fingerprint density at radius 3 is 2.42 bits per heavy atom. The number of likely N-dealkylation sites (N-methyl/N-ethyl adjacent to an activating group) is 1. The number of anilines is 1. The molecule has 0 spiro atoms. The minimum atomic E-state index is -1.55. The molecule has 1 aromatic carbocycles. The Labute approximate surface area is 395 Å². The Balaban J connectivity index is 1.53. The highest BCUT2D eigenvalue weighted by molar-refractivity contribution is 5.84. The number of ether oxygens (including phenoxy) is 6. The average Bonchev–Trinajstić information content (AvgIpc) is 3.76. The number of methoxy groups -OCH3 is 1. The predicted molar refractivity (Wildman–Crippen MR) is 249 cm³/mol. The summed E-state index contributed by atoms with van der Waals surface area (Å²) in [6, 6.07) is 6.49. The molecule has 18 heteroatoms. The highest BCUT2D eigenvalue weighted by Crippen LogP contribution is 2.41. The smallest absolute Gasteiger partial charge is 0.312 e. The van der Waals surface area contributed by atoms with E-state index in [2.05, 4.69) is 20.3 Å². The van der Waals surface area contributed by atoms with Crippen molar-refractivity contribution >= 4 is 23.7 Å². The lowest BCUT2D eigenvalue weighted by Crippen LogP contribution is -2.64. The van der Waals surface area contributed by atoms with Gasteiger partial charge in [0, 0.05) is 56.8 Å². The van der Waals surface area contributed by atoms with E-state index in [0.29, 0.717) is 37.3 Å². The molecule has 0 saturated carbocycles. The topological polar surface area (TPSA) is 212 Å². The lowest BCUT2D eigenvalue weighted by atomic mass is 9.73. The number of unbranched alkanes of at least 4 members (excludes halogenated alkanes) is 1. The van der Waals surface area contributed by atoms with Gasteiger partial charge in [-0.2, -0.15) is 0 Å². The largest absolute Gasteiger partial charge is 0.486 e. The molecule has 0 aliphatic carbocycles. The van der Waals surface area contributed by atoms with Crippen LogP contribution in [-0.2, 0) is 44.6 Å². The number of aliphatic hydroxyl groups is 1. The van der Waals surface area contributed by atoms with Gasteiger partial charge >= 0.3 is 11.9 Å². The van der Waals surface area contributed by atoms with Gasteiger partial charge in [-0.3, -0.25) is 14.4 Å². The van der Waals surface area contributed by atoms with Crippen LogP contribution in [0.1, 0.15) is 94.4 Å². The van der Waals surface area contributed by atoms with Gasteiger partial charge in [-0.25, -0.2) is 19.3 Å². The highest BCUT2D eigenvalue weighted by atomic mass is 19.1. The summed E-state index contributed by atoms with van der Waals surface area (Å²) >= 11 is 0. The normalized spacial score (nSPS) is 33.5. The van der Waals surface area contributed by atoms with Gasteiger partial charge in [-0.05, 0) is 98.6 Å². The molecule has 0 amide bonds. The summed E-state index contributed by atoms with van der Waals surface area (Å²) in [6.45, 7) is 16.6. The highest BCUT2D eigenvalue weighted by Gasteiger charge is 2.54. The number of halogens is 1. The molecule has 2 aliphatic rings. The number of carbonyl (C=O) groups is 3. The van der Waals surface area contributed by atoms with Crippen molar-refractivity contribution in [1.29, 1.82) is 0 Å². The first kappa shape index (κ1) is 53.4. The lowest BCUT2D eigenvalue weighted by molar-refractivity contribution is -0.300. The van der Waals surface area contributed by atoms with Gasteiger partial charge in [-0.15, -0.1) is 0 Å². The summed E-state index contributed by atoms with van der Waals surface area (Å²) in [6.07, 6.45) is 1.72. The summed E-state index contributed by atoms with van der Waals surface area (Å²) in [7, 11) is 5.27. The summed E-state index contributed by atoms with van der Waals surface area (Å²) in [5.41, 5.74) is 4.21. The minimum Gasteiger partial charge on any atom is -0.486 e. The van der Waals surface area contributed by atoms with Crippen LogP contribution in [0.5, 0.6) is 5.75 Å². The standard InChI is InChI=1S/C49H74FN7O10/c1-13-39-49(9,67-33(7)58)43(52-21-16-17-23-57-26-36(54-27-57)35-20-22-53-47(51)55-35)30(4)40(59)28(2)25-48(8,62-12)44(66-46-41(60)37(56(10)11)24-29(3)63-46)31(5)42(32(6)45(61)65-39)64-38-19-15-14-18-34(38)50/h14-15,18-20,22,26-32,37,39,41-44,46,52,60H,13,16-17,21,23-25H2,1-12H3,(H2,51,53,55)/t28-,29-,30+,31+,32-,37+,39-,41-,42?,43?,44?,46?,48-,49-/m1/s1. The van der Waals surface area contributed by atoms with Crippen molar-refractivity contribution in [2.75, 3.05) is 33.5 Å². The van der Waals surface area contributed by atoms with Crippen molar-refractivity contribution in [2.45, 2.75) is 161 Å². The van der Waals surface area contributed by atoms with Gasteiger partial charge in [0.15, 0.2) is 23.5 Å². The summed E-state index contributed by atoms with van der Waals surface area (Å²) < 4.78 is 56.2. The van der Waals surface area contributed by atoms with Gasteiger partial charge in [0.1, 0.15) is 29.8 Å². The van der Waals surface area contributed by atoms with E-state index in [0.717, 1.165) is 6.42 Å². The quantitative estimate of drug-likeness (QED) is 0.125. The van der Waals surface area contributed by atoms with E-state index in [1.54, 1.807) is 52.4 Å². The fourth-order valence-electron chi connectivity index (χ4n) is 10.1. The first-order valence-electron chi connectivity index (χ1n) is 23.5. The number of nitrogens with two attached hydrogens (primary N) is 1. The number of ketones is 1. The summed E-state index contributed by atoms with van der Waals surface area (Å²) in [5, 5.41) is 15.3. The van der Waals surface area contributed by atoms with Crippen LogP contribution < -0.4 is 15.8 Å². The summed E-state index contributed by atoms with van der Waals surface area (Å²) in [5.74, 6) is -5.42. The molecular weight excluding hydrogens is 866 g/mol. The maximum atomic E-state index is 15.5. The van der Waals surface area contributed by atoms with Crippen molar-refractivity contribution in [2.24, 2.45) is 23.7 Å². The van der Waals surface area contributed by atoms with Gasteiger partial charge in [-0.1, -0.05) is 39.8 Å². The molecule has 5 rings (SSSR count). The molecule has 3 aromatic rings. The lowest BCUT2D eigenvalue weighted by Gasteiger charge is -2.49. The Hall–Kier alpha value is -4.59. The van der Waals surface area contributed by atoms with Gasteiger partial charge in [0.05, 0.1) is 41.8 Å². The third-order valence-corrected chi connectivity index (χ3v) is 13.8. The molecule has 2 aromatic heterocycles. The number of nitrogen functional groups attached to an aromatic ring is 1. The molecular formula is C49H74FN7O10. The number of cyclic esters (lactones) is 1. The number of imidazole rings is 1. The average molecular weight is 940 g/mol. The number of aryl methyl sites for hydroxylation is 1. The van der Waals surface area contributed by atoms with Crippen LogP contribution in [0.4, 0.5) is 10.3 Å². The second-order valence-electron chi connectivity index (χ2n) is 19.1. The number of Topliss-reactive ketones (excluding diaryl/α,β-unsaturated/α-hetero) is 1. The van der Waals surface area contributed by atoms with E-state index in [1.165, 1.54) is 32.2 Å². The second kappa shape index (κ2) is 23.1. The van der Waals surface area contributed by atoms with Crippen LogP contribution in [0.15, 0.2) is 49.1 Å². The molecule has 0 radical (unpaired) electrons. The fraction of sp³-hybridized carbons (Fsp3) is 0.673. The van der Waals surface area contributed by atoms with E-state index in [9.17, 15) is 14.7 Å². The fourth-order valence-corrected chi connectivity index (χ4v) is 10.1. The number of para-hydroxylation sites is 1.